The first-order valence-corrected chi connectivity index (χ1v) is 7.95. The number of aryl methyl sites for hydroxylation is 2. The molecule has 4 nitrogen and oxygen atoms in total. The molecule has 0 saturated carbocycles. The van der Waals surface area contributed by atoms with Gasteiger partial charge in [-0.2, -0.15) is 0 Å². The molecule has 1 aliphatic carbocycles. The van der Waals surface area contributed by atoms with Crippen LogP contribution in [-0.2, 0) is 17.6 Å². The van der Waals surface area contributed by atoms with Crippen LogP contribution in [0.2, 0.25) is 0 Å². The van der Waals surface area contributed by atoms with E-state index in [0.717, 1.165) is 13.0 Å². The zero-order valence-electron chi connectivity index (χ0n) is 11.4. The van der Waals surface area contributed by atoms with E-state index in [2.05, 4.69) is 12.2 Å². The highest BCUT2D eigenvalue weighted by Crippen LogP contribution is 2.31. The molecular weight excluding hydrogens is 260 g/mol. The van der Waals surface area contributed by atoms with E-state index < -0.39 is 0 Å². The summed E-state index contributed by atoms with van der Waals surface area (Å²) in [4.78, 5) is 6.27. The number of nitrogens with one attached hydrogen (secondary N) is 1. The molecular formula is C14H22N2O2S. The Balaban J connectivity index is 1.60. The van der Waals surface area contributed by atoms with Gasteiger partial charge in [0.25, 0.3) is 0 Å². The monoisotopic (exact) mass is 282 g/mol. The predicted octanol–water partition coefficient (Wildman–Crippen LogP) is 1.68. The molecule has 2 aliphatic rings. The van der Waals surface area contributed by atoms with Gasteiger partial charge in [0.05, 0.1) is 37.0 Å². The molecule has 2 heterocycles. The summed E-state index contributed by atoms with van der Waals surface area (Å²) >= 11 is 1.86. The number of aliphatic hydroxyl groups is 1. The molecule has 2 N–H and O–H groups in total. The predicted molar refractivity (Wildman–Crippen MR) is 75.5 cm³/mol. The lowest BCUT2D eigenvalue weighted by Crippen LogP contribution is -2.52. The second kappa shape index (κ2) is 5.48. The first-order chi connectivity index (χ1) is 9.22. The summed E-state index contributed by atoms with van der Waals surface area (Å²) in [5.74, 6) is 0. The van der Waals surface area contributed by atoms with Crippen molar-refractivity contribution in [1.82, 2.24) is 10.3 Å². The van der Waals surface area contributed by atoms with Crippen LogP contribution in [0.3, 0.4) is 0 Å². The standard InChI is InChI=1S/C14H22N2O2S/c1-10(15-6-14(7-17)8-18-9-14)13-16-11-4-2-3-5-12(11)19-13/h10,15,17H,2-9H2,1H3. The largest absolute Gasteiger partial charge is 0.396 e. The van der Waals surface area contributed by atoms with Crippen molar-refractivity contribution < 1.29 is 9.84 Å². The van der Waals surface area contributed by atoms with Crippen LogP contribution in [0.4, 0.5) is 0 Å². The lowest BCUT2D eigenvalue weighted by atomic mass is 9.87. The number of thiazole rings is 1. The Bertz CT molecular complexity index is 414. The Morgan fingerprint density at radius 1 is 1.42 bits per heavy atom. The van der Waals surface area contributed by atoms with Crippen molar-refractivity contribution in [2.75, 3.05) is 26.4 Å². The Hall–Kier alpha value is -0.490. The molecule has 19 heavy (non-hydrogen) atoms. The third-order valence-electron chi connectivity index (χ3n) is 4.17. The lowest BCUT2D eigenvalue weighted by Gasteiger charge is -2.40. The molecule has 0 spiro atoms. The molecule has 1 aromatic heterocycles. The van der Waals surface area contributed by atoms with Crippen molar-refractivity contribution in [2.24, 2.45) is 5.41 Å². The second-order valence-corrected chi connectivity index (χ2v) is 7.00. The van der Waals surface area contributed by atoms with Crippen LogP contribution in [0.5, 0.6) is 0 Å². The van der Waals surface area contributed by atoms with Crippen molar-refractivity contribution in [1.29, 1.82) is 0 Å². The fourth-order valence-corrected chi connectivity index (χ4v) is 3.83. The highest BCUT2D eigenvalue weighted by atomic mass is 32.1. The smallest absolute Gasteiger partial charge is 0.110 e. The second-order valence-electron chi connectivity index (χ2n) is 5.88. The van der Waals surface area contributed by atoms with E-state index in [4.69, 9.17) is 9.72 Å². The van der Waals surface area contributed by atoms with Gasteiger partial charge in [-0.15, -0.1) is 11.3 Å². The number of rotatable bonds is 5. The van der Waals surface area contributed by atoms with Gasteiger partial charge in [0.1, 0.15) is 5.01 Å². The van der Waals surface area contributed by atoms with Gasteiger partial charge < -0.3 is 15.2 Å². The Morgan fingerprint density at radius 2 is 2.21 bits per heavy atom. The minimum absolute atomic E-state index is 0.0643. The van der Waals surface area contributed by atoms with E-state index in [0.29, 0.717) is 13.2 Å². The summed E-state index contributed by atoms with van der Waals surface area (Å²) in [5.41, 5.74) is 1.26. The van der Waals surface area contributed by atoms with Crippen molar-refractivity contribution in [3.63, 3.8) is 0 Å². The topological polar surface area (TPSA) is 54.4 Å². The van der Waals surface area contributed by atoms with Gasteiger partial charge in [0.15, 0.2) is 0 Å². The molecule has 106 valence electrons. The fraction of sp³-hybridized carbons (Fsp3) is 0.786. The quantitative estimate of drug-likeness (QED) is 0.863. The number of hydrogen-bond donors (Lipinski definition) is 2. The maximum absolute atomic E-state index is 9.42. The van der Waals surface area contributed by atoms with Gasteiger partial charge in [-0.05, 0) is 32.6 Å². The lowest BCUT2D eigenvalue weighted by molar-refractivity contribution is -0.135. The molecule has 0 aromatic carbocycles. The minimum Gasteiger partial charge on any atom is -0.396 e. The van der Waals surface area contributed by atoms with E-state index in [1.54, 1.807) is 0 Å². The number of hydrogen-bond acceptors (Lipinski definition) is 5. The number of aliphatic hydroxyl groups excluding tert-OH is 1. The Labute approximate surface area is 118 Å². The first-order valence-electron chi connectivity index (χ1n) is 7.13. The van der Waals surface area contributed by atoms with Gasteiger partial charge in [0, 0.05) is 11.4 Å². The van der Waals surface area contributed by atoms with Gasteiger partial charge in [-0.3, -0.25) is 0 Å². The van der Waals surface area contributed by atoms with Crippen molar-refractivity contribution in [3.05, 3.63) is 15.6 Å². The molecule has 1 aromatic rings. The van der Waals surface area contributed by atoms with E-state index in [1.165, 1.54) is 34.8 Å². The fourth-order valence-electron chi connectivity index (χ4n) is 2.65. The van der Waals surface area contributed by atoms with E-state index in [9.17, 15) is 5.11 Å². The van der Waals surface area contributed by atoms with E-state index in [1.807, 2.05) is 11.3 Å². The number of fused-ring (bicyclic) bond motifs is 1. The molecule has 3 rings (SSSR count). The molecule has 1 unspecified atom stereocenters. The van der Waals surface area contributed by atoms with Crippen LogP contribution in [0.25, 0.3) is 0 Å². The van der Waals surface area contributed by atoms with Gasteiger partial charge in [-0.25, -0.2) is 4.98 Å². The Kier molecular flexibility index (Phi) is 3.89. The van der Waals surface area contributed by atoms with Crippen molar-refractivity contribution in [2.45, 2.75) is 38.6 Å². The van der Waals surface area contributed by atoms with E-state index in [-0.39, 0.29) is 18.1 Å². The summed E-state index contributed by atoms with van der Waals surface area (Å²) in [7, 11) is 0. The summed E-state index contributed by atoms with van der Waals surface area (Å²) in [6, 6.07) is 0.264. The van der Waals surface area contributed by atoms with Crippen LogP contribution < -0.4 is 5.32 Å². The maximum Gasteiger partial charge on any atom is 0.110 e. The molecule has 1 fully saturated rings. The van der Waals surface area contributed by atoms with Gasteiger partial charge in [0.2, 0.25) is 0 Å². The molecule has 0 amide bonds. The highest BCUT2D eigenvalue weighted by molar-refractivity contribution is 7.11. The number of aromatic nitrogens is 1. The zero-order valence-corrected chi connectivity index (χ0v) is 12.3. The molecule has 1 atom stereocenters. The average molecular weight is 282 g/mol. The summed E-state index contributed by atoms with van der Waals surface area (Å²) in [6.45, 7) is 4.49. The minimum atomic E-state index is -0.0643. The van der Waals surface area contributed by atoms with Crippen LogP contribution in [0, 0.1) is 5.41 Å². The molecule has 0 radical (unpaired) electrons. The summed E-state index contributed by atoms with van der Waals surface area (Å²) in [6.07, 6.45) is 4.94. The van der Waals surface area contributed by atoms with Crippen LogP contribution in [-0.4, -0.2) is 36.5 Å². The normalized spacial score (nSPS) is 22.6. The third kappa shape index (κ3) is 2.70. The Morgan fingerprint density at radius 3 is 2.84 bits per heavy atom. The highest BCUT2D eigenvalue weighted by Gasteiger charge is 2.38. The first kappa shape index (κ1) is 13.5. The van der Waals surface area contributed by atoms with Gasteiger partial charge >= 0.3 is 0 Å². The van der Waals surface area contributed by atoms with E-state index >= 15 is 0 Å². The average Bonchev–Trinajstić information content (AvgIpc) is 2.81. The number of nitrogens with zero attached hydrogens (tertiary/aromatic N) is 1. The van der Waals surface area contributed by atoms with Gasteiger partial charge in [-0.1, -0.05) is 0 Å². The zero-order chi connectivity index (χ0) is 13.3. The van der Waals surface area contributed by atoms with Crippen molar-refractivity contribution in [3.8, 4) is 0 Å². The van der Waals surface area contributed by atoms with Crippen LogP contribution in [0.15, 0.2) is 0 Å². The molecule has 0 bridgehead atoms. The van der Waals surface area contributed by atoms with Crippen LogP contribution >= 0.6 is 11.3 Å². The van der Waals surface area contributed by atoms with Crippen LogP contribution in [0.1, 0.15) is 41.4 Å². The third-order valence-corrected chi connectivity index (χ3v) is 5.51. The maximum atomic E-state index is 9.42. The molecule has 5 heteroatoms. The molecule has 1 saturated heterocycles. The molecule has 1 aliphatic heterocycles. The summed E-state index contributed by atoms with van der Waals surface area (Å²) in [5, 5.41) is 14.1. The number of ether oxygens (including phenoxy) is 1. The summed E-state index contributed by atoms with van der Waals surface area (Å²) < 4.78 is 5.22. The SMILES string of the molecule is CC(NCC1(CO)COC1)c1nc2c(s1)CCCC2. The van der Waals surface area contributed by atoms with Crippen molar-refractivity contribution >= 4 is 11.3 Å².